The van der Waals surface area contributed by atoms with Crippen LogP contribution in [0.2, 0.25) is 15.1 Å². The number of sulfone groups is 2. The van der Waals surface area contributed by atoms with Crippen LogP contribution in [0.4, 0.5) is 17.6 Å². The van der Waals surface area contributed by atoms with Crippen molar-refractivity contribution in [3.63, 3.8) is 0 Å². The summed E-state index contributed by atoms with van der Waals surface area (Å²) in [4.78, 5) is 143. The minimum atomic E-state index is -3.59. The molecule has 8 N–H and O–H groups in total. The molecule has 4 saturated heterocycles. The van der Waals surface area contributed by atoms with Crippen molar-refractivity contribution in [2.24, 2.45) is 25.9 Å². The first-order chi connectivity index (χ1) is 67.6. The summed E-state index contributed by atoms with van der Waals surface area (Å²) < 4.78 is 128. The van der Waals surface area contributed by atoms with E-state index in [9.17, 15) is 88.8 Å². The number of carboxylic acids is 4. The molecular formula is C90H91Br2Cl3F4N16O20S7. The van der Waals surface area contributed by atoms with Crippen molar-refractivity contribution in [1.82, 2.24) is 60.8 Å². The molecule has 8 aliphatic heterocycles. The van der Waals surface area contributed by atoms with Gasteiger partial charge in [-0.2, -0.15) is 11.8 Å². The summed E-state index contributed by atoms with van der Waals surface area (Å²) in [6, 6.07) is 9.96. The Bertz CT molecular complexity index is 6630. The zero-order chi connectivity index (χ0) is 103. The van der Waals surface area contributed by atoms with Crippen molar-refractivity contribution in [1.29, 1.82) is 0 Å². The second kappa shape index (κ2) is 48.1. The topological polar surface area (TPSA) is 485 Å². The molecule has 10 unspecified atom stereocenters. The molecule has 0 bridgehead atoms. The lowest BCUT2D eigenvalue weighted by Crippen LogP contribution is -2.58. The summed E-state index contributed by atoms with van der Waals surface area (Å²) in [6.45, 7) is 10.1. The average molecular weight is 2280 g/mol. The maximum absolute atomic E-state index is 15.0. The van der Waals surface area contributed by atoms with Crippen LogP contribution in [-0.2, 0) is 77.0 Å². The Hall–Kier alpha value is -10.4. The number of thiazole rings is 4. The number of hydrogen-bond acceptors (Lipinski definition) is 37. The largest absolute Gasteiger partial charge is 0.481 e. The van der Waals surface area contributed by atoms with Crippen molar-refractivity contribution < 1.29 is 112 Å². The van der Waals surface area contributed by atoms with Crippen LogP contribution in [-0.4, -0.2) is 291 Å². The molecule has 0 saturated carbocycles. The Morgan fingerprint density at radius 1 is 0.486 bits per heavy atom. The van der Waals surface area contributed by atoms with Crippen molar-refractivity contribution in [3.8, 4) is 0 Å². The number of alkyl halides is 1. The molecule has 0 amide bonds. The Labute approximate surface area is 863 Å². The van der Waals surface area contributed by atoms with Gasteiger partial charge in [-0.15, -0.1) is 45.3 Å². The summed E-state index contributed by atoms with van der Waals surface area (Å²) in [5, 5.41) is 60.3. The monoisotopic (exact) mass is 2280 g/mol. The molecule has 52 heteroatoms. The SMILES string of the molecule is CCOC(=O)C1=C(CN2CC(C(=O)O)C(C)(F)C2)NC(c2nccs2)=NC1c1ccc(F)cc1Br.CCOC(=O)C1=C(CN2CCS(=O)(=O)C(C)C2C(=O)O)NC(c2nccs2)=NC1c1ccc(Cl)cc1Cl.CCOC(=O)C1=C(CN2CCS(=O)(=O)CC2C(=O)O)NC(c2nccs2)=NC1c1ccc(F)cc1Cl.CCOC(=O)C1=C(CN2CCSCC2C(=O)O)NC(c2nccs2)=NC1c1ccc(F)cc1Br. The van der Waals surface area contributed by atoms with Gasteiger partial charge in [-0.1, -0.05) is 90.9 Å². The van der Waals surface area contributed by atoms with E-state index in [1.807, 2.05) is 10.3 Å². The van der Waals surface area contributed by atoms with Crippen LogP contribution < -0.4 is 21.3 Å². The fourth-order valence-electron chi connectivity index (χ4n) is 16.5. The molecule has 4 aromatic carbocycles. The Morgan fingerprint density at radius 2 is 0.852 bits per heavy atom. The number of esters is 4. The van der Waals surface area contributed by atoms with Crippen LogP contribution in [0.15, 0.2) is 193 Å². The number of amidine groups is 4. The van der Waals surface area contributed by atoms with Gasteiger partial charge in [0, 0.05) is 175 Å². The summed E-state index contributed by atoms with van der Waals surface area (Å²) in [7, 11) is -7.12. The number of aliphatic carboxylic acids is 4. The lowest BCUT2D eigenvalue weighted by molar-refractivity contribution is -0.145. The third-order valence-corrected chi connectivity index (χ3v) is 33.4. The highest BCUT2D eigenvalue weighted by Gasteiger charge is 2.51. The number of benzene rings is 4. The summed E-state index contributed by atoms with van der Waals surface area (Å²) >= 11 is 32.7. The third-order valence-electron chi connectivity index (χ3n) is 23.2. The molecule has 0 spiro atoms. The van der Waals surface area contributed by atoms with Gasteiger partial charge in [0.2, 0.25) is 0 Å². The smallest absolute Gasteiger partial charge is 0.338 e. The molecular weight excluding hydrogens is 2190 g/mol. The number of nitrogens with one attached hydrogen (secondary N) is 4. The highest BCUT2D eigenvalue weighted by molar-refractivity contribution is 9.10. The number of halogens is 9. The molecule has 4 aromatic heterocycles. The standard InChI is InChI=1S/C23H23BrF2N4O4S.C23H24Cl2N4O6S2.C22H22BrFN4O4S2.C22H22ClFN4O6S2/c1-3-34-22(33)17-16(10-30-9-14(21(31)32)23(2,26)11-30)28-19(20-27-6-7-35-20)29-18(17)13-5-4-12(25)8-15(13)24;1-3-35-23(32)17-16(11-29-7-9-37(33,34)12(2)19(29)22(30)31)27-20(21-26-6-8-36-21)28-18(17)14-5-4-13(24)10-15(14)25;1-2-32-22(31)17-15(10-28-6-8-33-11-16(28)21(29)30)26-19(20-25-5-7-34-20)27-18(17)13-4-3-12(24)9-14(13)23;1-2-34-22(31)17-15(10-28-6-8-36(32,33)11-16(28)21(29)30)26-19(20-25-5-7-35-20)27-18(17)13-4-3-12(24)9-14(13)23/h4-8,14,18H,3,9-11H2,1-2H3,(H,28,29)(H,31,32);4-6,8,10,12,18-19H,3,7,9,11H2,1-2H3,(H,27,28)(H,30,31);3-5,7,9,16,18H,2,6,8,10-11H2,1H3,(H,26,27)(H,29,30);3-5,7,9,16,18H,2,6,8,10-11H2,1H3,(H,26,27)(H,29,30). The number of hydrogen-bond donors (Lipinski definition) is 8. The molecule has 0 aliphatic carbocycles. The number of ether oxygens (including phenoxy) is 4. The van der Waals surface area contributed by atoms with E-state index in [0.717, 1.165) is 11.8 Å². The van der Waals surface area contributed by atoms with Gasteiger partial charge in [-0.25, -0.2) is 73.5 Å². The van der Waals surface area contributed by atoms with E-state index >= 15 is 4.39 Å². The normalized spacial score (nSPS) is 22.9. The van der Waals surface area contributed by atoms with Gasteiger partial charge in [0.05, 0.1) is 71.2 Å². The number of carbonyl (C=O) groups excluding carboxylic acids is 4. The van der Waals surface area contributed by atoms with Crippen LogP contribution in [0.25, 0.3) is 0 Å². The van der Waals surface area contributed by atoms with E-state index < -0.39 is 150 Å². The highest BCUT2D eigenvalue weighted by Crippen LogP contribution is 2.45. The zero-order valence-electron chi connectivity index (χ0n) is 75.9. The first-order valence-corrected chi connectivity index (χ1v) is 54.5. The van der Waals surface area contributed by atoms with Crippen molar-refractivity contribution in [2.45, 2.75) is 94.8 Å². The second-order valence-corrected chi connectivity index (χ2v) is 44.9. The molecule has 4 fully saturated rings. The number of thioether (sulfide) groups is 1. The van der Waals surface area contributed by atoms with Crippen LogP contribution >= 0.6 is 124 Å². The highest BCUT2D eigenvalue weighted by atomic mass is 79.9. The third kappa shape index (κ3) is 26.1. The van der Waals surface area contributed by atoms with Crippen LogP contribution in [0.3, 0.4) is 0 Å². The molecule has 142 heavy (non-hydrogen) atoms. The van der Waals surface area contributed by atoms with Crippen LogP contribution in [0, 0.1) is 23.4 Å². The number of rotatable bonds is 28. The Balaban J connectivity index is 0.000000159. The van der Waals surface area contributed by atoms with Gasteiger partial charge in [0.25, 0.3) is 0 Å². The minimum absolute atomic E-state index is 0.0268. The van der Waals surface area contributed by atoms with E-state index in [-0.39, 0.29) is 128 Å². The number of aromatic nitrogens is 4. The summed E-state index contributed by atoms with van der Waals surface area (Å²) in [5.41, 5.74) is 2.13. The second-order valence-electron chi connectivity index (χ2n) is 32.5. The van der Waals surface area contributed by atoms with Crippen molar-refractivity contribution in [2.75, 3.05) is 114 Å². The van der Waals surface area contributed by atoms with E-state index in [1.54, 1.807) is 110 Å². The van der Waals surface area contributed by atoms with Gasteiger partial charge in [-0.3, -0.25) is 58.7 Å². The molecule has 16 rings (SSSR count). The van der Waals surface area contributed by atoms with Crippen molar-refractivity contribution >= 4 is 215 Å². The van der Waals surface area contributed by atoms with Gasteiger partial charge < -0.3 is 60.6 Å². The van der Waals surface area contributed by atoms with Gasteiger partial charge >= 0.3 is 47.8 Å². The number of aliphatic imine (C=N–C) groups is 4. The number of nitrogens with zero attached hydrogens (tertiary/aromatic N) is 12. The van der Waals surface area contributed by atoms with E-state index in [4.69, 9.17) is 68.7 Å². The van der Waals surface area contributed by atoms with Gasteiger partial charge in [0.1, 0.15) is 71.3 Å². The fraction of sp³-hybridized carbons (Fsp3) is 0.378. The van der Waals surface area contributed by atoms with E-state index in [0.29, 0.717) is 109 Å². The molecule has 12 heterocycles. The lowest BCUT2D eigenvalue weighted by Gasteiger charge is -2.38. The summed E-state index contributed by atoms with van der Waals surface area (Å²) in [6.07, 6.45) is 6.45. The fourth-order valence-corrected chi connectivity index (χ4v) is 25.0. The van der Waals surface area contributed by atoms with Crippen LogP contribution in [0.1, 0.15) is 108 Å². The first kappa shape index (κ1) is 109. The maximum atomic E-state index is 15.0. The predicted octanol–water partition coefficient (Wildman–Crippen LogP) is 12.1. The predicted molar refractivity (Wildman–Crippen MR) is 534 cm³/mol. The molecule has 8 aliphatic rings. The number of carboxylic acid groups (broad SMARTS) is 4. The molecule has 0 radical (unpaired) electrons. The first-order valence-electron chi connectivity index (χ1n) is 43.5. The van der Waals surface area contributed by atoms with Gasteiger partial charge in [-0.05, 0) is 101 Å². The van der Waals surface area contributed by atoms with Crippen molar-refractivity contribution in [3.05, 3.63) is 248 Å². The quantitative estimate of drug-likeness (QED) is 0.0128. The van der Waals surface area contributed by atoms with E-state index in [2.05, 4.69) is 78.1 Å². The molecule has 36 nitrogen and oxygen atoms in total. The zero-order valence-corrected chi connectivity index (χ0v) is 87.1. The molecule has 10 atom stereocenters. The lowest BCUT2D eigenvalue weighted by atomic mass is 9.95. The Kier molecular flexibility index (Phi) is 36.9. The number of carbonyl (C=O) groups is 8. The molecule has 756 valence electrons. The summed E-state index contributed by atoms with van der Waals surface area (Å²) in [5.74, 6) is -8.14. The van der Waals surface area contributed by atoms with E-state index in [1.165, 1.54) is 111 Å². The minimum Gasteiger partial charge on any atom is -0.481 e. The Morgan fingerprint density at radius 3 is 1.21 bits per heavy atom. The molecule has 8 aromatic rings. The van der Waals surface area contributed by atoms with Crippen LogP contribution in [0.5, 0.6) is 0 Å². The average Bonchev–Trinajstić information content (AvgIpc) is 1.30. The maximum Gasteiger partial charge on any atom is 0.338 e. The number of likely N-dealkylation sites (tertiary alicyclic amines) is 1. The van der Waals surface area contributed by atoms with Gasteiger partial charge in [0.15, 0.2) is 63.0 Å².